The summed E-state index contributed by atoms with van der Waals surface area (Å²) in [5, 5.41) is 0.906. The van der Waals surface area contributed by atoms with Gasteiger partial charge in [0.05, 0.1) is 7.11 Å². The van der Waals surface area contributed by atoms with Gasteiger partial charge in [-0.25, -0.2) is 0 Å². The largest absolute Gasteiger partial charge is 0.496 e. The molecule has 0 N–H and O–H groups in total. The molecule has 0 radical (unpaired) electrons. The minimum atomic E-state index is 0.906. The predicted molar refractivity (Wildman–Crippen MR) is 55.1 cm³/mol. The number of ether oxygens (including phenoxy) is 1. The van der Waals surface area contributed by atoms with Gasteiger partial charge in [-0.3, -0.25) is 0 Å². The highest BCUT2D eigenvalue weighted by Crippen LogP contribution is 2.24. The van der Waals surface area contributed by atoms with Crippen molar-refractivity contribution in [3.8, 4) is 5.75 Å². The topological polar surface area (TPSA) is 9.23 Å². The first-order chi connectivity index (χ1) is 5.70. The van der Waals surface area contributed by atoms with Crippen molar-refractivity contribution in [3.63, 3.8) is 0 Å². The van der Waals surface area contributed by atoms with Crippen molar-refractivity contribution in [1.82, 2.24) is 0 Å². The highest BCUT2D eigenvalue weighted by Gasteiger charge is 2.04. The van der Waals surface area contributed by atoms with Gasteiger partial charge in [0.2, 0.25) is 0 Å². The Morgan fingerprint density at radius 1 is 1.25 bits per heavy atom. The molecule has 0 unspecified atom stereocenters. The van der Waals surface area contributed by atoms with Crippen LogP contribution in [0.15, 0.2) is 12.1 Å². The fourth-order valence-corrected chi connectivity index (χ4v) is 1.83. The van der Waals surface area contributed by atoms with Gasteiger partial charge in [-0.1, -0.05) is 22.0 Å². The Morgan fingerprint density at radius 3 is 2.42 bits per heavy atom. The number of halogens is 1. The van der Waals surface area contributed by atoms with Crippen molar-refractivity contribution in [1.29, 1.82) is 0 Å². The Hall–Kier alpha value is -0.500. The number of rotatable bonds is 2. The Kier molecular flexibility index (Phi) is 3.15. The predicted octanol–water partition coefficient (Wildman–Crippen LogP) is 3.21. The zero-order chi connectivity index (χ0) is 9.14. The molecule has 1 aromatic carbocycles. The molecule has 12 heavy (non-hydrogen) atoms. The fourth-order valence-electron chi connectivity index (χ4n) is 1.22. The molecule has 0 aliphatic heterocycles. The van der Waals surface area contributed by atoms with Crippen LogP contribution >= 0.6 is 15.9 Å². The Bertz CT molecular complexity index is 252. The van der Waals surface area contributed by atoms with E-state index in [1.54, 1.807) is 7.11 Å². The number of hydrogen-bond donors (Lipinski definition) is 0. The van der Waals surface area contributed by atoms with Crippen LogP contribution in [0.1, 0.15) is 16.7 Å². The maximum Gasteiger partial charge on any atom is 0.122 e. The summed E-state index contributed by atoms with van der Waals surface area (Å²) in [4.78, 5) is 0. The molecule has 0 aromatic heterocycles. The van der Waals surface area contributed by atoms with E-state index in [9.17, 15) is 0 Å². The van der Waals surface area contributed by atoms with Gasteiger partial charge in [0, 0.05) is 5.33 Å². The van der Waals surface area contributed by atoms with Gasteiger partial charge in [0.15, 0.2) is 0 Å². The first kappa shape index (κ1) is 9.59. The third kappa shape index (κ3) is 1.63. The third-order valence-corrected chi connectivity index (χ3v) is 2.82. The molecular weight excluding hydrogens is 216 g/mol. The molecule has 0 atom stereocenters. The SMILES string of the molecule is COc1ccc(CBr)c(C)c1C. The normalized spacial score (nSPS) is 10.0. The summed E-state index contributed by atoms with van der Waals surface area (Å²) in [5.41, 5.74) is 3.87. The molecule has 2 heteroatoms. The van der Waals surface area contributed by atoms with Gasteiger partial charge in [-0.15, -0.1) is 0 Å². The summed E-state index contributed by atoms with van der Waals surface area (Å²) in [6.45, 7) is 4.20. The van der Waals surface area contributed by atoms with Crippen LogP contribution in [0.2, 0.25) is 0 Å². The third-order valence-electron chi connectivity index (χ3n) is 2.21. The lowest BCUT2D eigenvalue weighted by atomic mass is 10.0. The van der Waals surface area contributed by atoms with Crippen LogP contribution in [0.5, 0.6) is 5.75 Å². The number of benzene rings is 1. The van der Waals surface area contributed by atoms with E-state index in [1.807, 2.05) is 6.07 Å². The van der Waals surface area contributed by atoms with Crippen molar-refractivity contribution < 1.29 is 4.74 Å². The number of alkyl halides is 1. The molecule has 0 aliphatic rings. The molecule has 0 saturated carbocycles. The first-order valence-electron chi connectivity index (χ1n) is 3.89. The zero-order valence-electron chi connectivity index (χ0n) is 7.65. The van der Waals surface area contributed by atoms with Crippen LogP contribution in [0, 0.1) is 13.8 Å². The molecule has 0 amide bonds. The lowest BCUT2D eigenvalue weighted by molar-refractivity contribution is 0.411. The summed E-state index contributed by atoms with van der Waals surface area (Å²) >= 11 is 3.45. The first-order valence-corrected chi connectivity index (χ1v) is 5.02. The minimum Gasteiger partial charge on any atom is -0.496 e. The summed E-state index contributed by atoms with van der Waals surface area (Å²) in [5.74, 6) is 0.970. The maximum absolute atomic E-state index is 5.21. The van der Waals surface area contributed by atoms with Crippen LogP contribution in [-0.4, -0.2) is 7.11 Å². The minimum absolute atomic E-state index is 0.906. The zero-order valence-corrected chi connectivity index (χ0v) is 9.23. The standard InChI is InChI=1S/C10H13BrO/c1-7-8(2)10(12-3)5-4-9(7)6-11/h4-5H,6H2,1-3H3. The van der Waals surface area contributed by atoms with Crippen LogP contribution in [0.3, 0.4) is 0 Å². The van der Waals surface area contributed by atoms with E-state index in [1.165, 1.54) is 16.7 Å². The summed E-state index contributed by atoms with van der Waals surface area (Å²) in [6, 6.07) is 4.11. The van der Waals surface area contributed by atoms with Crippen molar-refractivity contribution in [2.45, 2.75) is 19.2 Å². The van der Waals surface area contributed by atoms with E-state index in [0.717, 1.165) is 11.1 Å². The molecule has 1 rings (SSSR count). The summed E-state index contributed by atoms with van der Waals surface area (Å²) in [7, 11) is 1.70. The molecule has 0 saturated heterocycles. The van der Waals surface area contributed by atoms with Crippen LogP contribution in [0.25, 0.3) is 0 Å². The molecule has 0 heterocycles. The van der Waals surface area contributed by atoms with Crippen molar-refractivity contribution >= 4 is 15.9 Å². The summed E-state index contributed by atoms with van der Waals surface area (Å²) in [6.07, 6.45) is 0. The lowest BCUT2D eigenvalue weighted by Gasteiger charge is -2.10. The molecular formula is C10H13BrO. The molecule has 0 aliphatic carbocycles. The van der Waals surface area contributed by atoms with Gasteiger partial charge < -0.3 is 4.74 Å². The van der Waals surface area contributed by atoms with Crippen molar-refractivity contribution in [3.05, 3.63) is 28.8 Å². The van der Waals surface area contributed by atoms with E-state index in [4.69, 9.17) is 4.74 Å². The highest BCUT2D eigenvalue weighted by molar-refractivity contribution is 9.08. The van der Waals surface area contributed by atoms with Gasteiger partial charge in [0.1, 0.15) is 5.75 Å². The highest BCUT2D eigenvalue weighted by atomic mass is 79.9. The second kappa shape index (κ2) is 3.94. The van der Waals surface area contributed by atoms with Gasteiger partial charge in [0.25, 0.3) is 0 Å². The maximum atomic E-state index is 5.21. The second-order valence-corrected chi connectivity index (χ2v) is 3.37. The molecule has 1 aromatic rings. The molecule has 0 fully saturated rings. The van der Waals surface area contributed by atoms with Gasteiger partial charge in [-0.05, 0) is 36.6 Å². The van der Waals surface area contributed by atoms with Gasteiger partial charge in [-0.2, -0.15) is 0 Å². The van der Waals surface area contributed by atoms with Crippen LogP contribution in [0.4, 0.5) is 0 Å². The molecule has 0 bridgehead atoms. The molecule has 1 nitrogen and oxygen atoms in total. The monoisotopic (exact) mass is 228 g/mol. The quantitative estimate of drug-likeness (QED) is 0.707. The number of hydrogen-bond acceptors (Lipinski definition) is 1. The molecule has 0 spiro atoms. The Balaban J connectivity index is 3.20. The van der Waals surface area contributed by atoms with E-state index >= 15 is 0 Å². The van der Waals surface area contributed by atoms with Gasteiger partial charge >= 0.3 is 0 Å². The average Bonchev–Trinajstić information content (AvgIpc) is 2.10. The fraction of sp³-hybridized carbons (Fsp3) is 0.400. The van der Waals surface area contributed by atoms with E-state index in [0.29, 0.717) is 0 Å². The Morgan fingerprint density at radius 2 is 1.92 bits per heavy atom. The van der Waals surface area contributed by atoms with E-state index in [-0.39, 0.29) is 0 Å². The smallest absolute Gasteiger partial charge is 0.122 e. The van der Waals surface area contributed by atoms with Crippen molar-refractivity contribution in [2.24, 2.45) is 0 Å². The average molecular weight is 229 g/mol. The van der Waals surface area contributed by atoms with E-state index < -0.39 is 0 Å². The van der Waals surface area contributed by atoms with Crippen molar-refractivity contribution in [2.75, 3.05) is 7.11 Å². The second-order valence-electron chi connectivity index (χ2n) is 2.81. The van der Waals surface area contributed by atoms with E-state index in [2.05, 4.69) is 35.8 Å². The Labute approximate surface area is 81.9 Å². The van der Waals surface area contributed by atoms with Crippen LogP contribution < -0.4 is 4.74 Å². The molecule has 66 valence electrons. The van der Waals surface area contributed by atoms with Crippen LogP contribution in [-0.2, 0) is 5.33 Å². The number of methoxy groups -OCH3 is 1. The summed E-state index contributed by atoms with van der Waals surface area (Å²) < 4.78 is 5.21. The lowest BCUT2D eigenvalue weighted by Crippen LogP contribution is -1.93.